The monoisotopic (exact) mass is 294 g/mol. The van der Waals surface area contributed by atoms with E-state index in [0.29, 0.717) is 12.2 Å². The lowest BCUT2D eigenvalue weighted by Gasteiger charge is -2.05. The van der Waals surface area contributed by atoms with Crippen LogP contribution in [0.25, 0.3) is 16.8 Å². The number of ether oxygens (including phenoxy) is 1. The molecular weight excluding hydrogens is 276 g/mol. The molecule has 112 valence electrons. The highest BCUT2D eigenvalue weighted by Crippen LogP contribution is 2.22. The van der Waals surface area contributed by atoms with Crippen molar-refractivity contribution in [2.75, 3.05) is 6.61 Å². The average Bonchev–Trinajstić information content (AvgIpc) is 2.85. The lowest BCUT2D eigenvalue weighted by molar-refractivity contribution is 0.0528. The van der Waals surface area contributed by atoms with E-state index in [1.165, 1.54) is 5.56 Å². The van der Waals surface area contributed by atoms with Gasteiger partial charge in [0, 0.05) is 11.3 Å². The predicted molar refractivity (Wildman–Crippen MR) is 86.1 cm³/mol. The zero-order valence-electron chi connectivity index (χ0n) is 13.0. The normalized spacial score (nSPS) is 10.9. The van der Waals surface area contributed by atoms with Crippen LogP contribution in [0.5, 0.6) is 0 Å². The summed E-state index contributed by atoms with van der Waals surface area (Å²) in [5.41, 5.74) is 5.38. The molecule has 22 heavy (non-hydrogen) atoms. The quantitative estimate of drug-likeness (QED) is 0.690. The van der Waals surface area contributed by atoms with Gasteiger partial charge in [-0.25, -0.2) is 9.31 Å². The van der Waals surface area contributed by atoms with Crippen LogP contribution in [0.3, 0.4) is 0 Å². The number of esters is 1. The zero-order chi connectivity index (χ0) is 15.7. The van der Waals surface area contributed by atoms with Gasteiger partial charge in [0.25, 0.3) is 0 Å². The lowest BCUT2D eigenvalue weighted by Crippen LogP contribution is -2.04. The Morgan fingerprint density at radius 2 is 1.86 bits per heavy atom. The van der Waals surface area contributed by atoms with Crippen molar-refractivity contribution < 1.29 is 9.53 Å². The molecule has 4 nitrogen and oxygen atoms in total. The van der Waals surface area contributed by atoms with Crippen LogP contribution in [0.2, 0.25) is 0 Å². The van der Waals surface area contributed by atoms with Crippen molar-refractivity contribution in [1.29, 1.82) is 0 Å². The fourth-order valence-electron chi connectivity index (χ4n) is 2.49. The Labute approximate surface area is 129 Å². The number of benzene rings is 1. The van der Waals surface area contributed by atoms with Crippen LogP contribution >= 0.6 is 0 Å². The van der Waals surface area contributed by atoms with Gasteiger partial charge >= 0.3 is 5.97 Å². The zero-order valence-corrected chi connectivity index (χ0v) is 13.0. The number of hydrogen-bond acceptors (Lipinski definition) is 3. The Hall–Kier alpha value is -2.62. The summed E-state index contributed by atoms with van der Waals surface area (Å²) in [6, 6.07) is 13.9. The molecule has 0 amide bonds. The summed E-state index contributed by atoms with van der Waals surface area (Å²) >= 11 is 0. The Kier molecular flexibility index (Phi) is 3.67. The first-order valence-corrected chi connectivity index (χ1v) is 7.33. The largest absolute Gasteiger partial charge is 0.462 e. The smallest absolute Gasteiger partial charge is 0.340 e. The van der Waals surface area contributed by atoms with E-state index >= 15 is 0 Å². The Morgan fingerprint density at radius 3 is 2.55 bits per heavy atom. The summed E-state index contributed by atoms with van der Waals surface area (Å²) < 4.78 is 6.89. The molecule has 1 aromatic carbocycles. The number of aromatic nitrogens is 2. The summed E-state index contributed by atoms with van der Waals surface area (Å²) in [5, 5.41) is 4.65. The second kappa shape index (κ2) is 5.64. The highest BCUT2D eigenvalue weighted by atomic mass is 16.5. The van der Waals surface area contributed by atoms with Crippen molar-refractivity contribution in [1.82, 2.24) is 9.61 Å². The first-order valence-electron chi connectivity index (χ1n) is 7.33. The van der Waals surface area contributed by atoms with Gasteiger partial charge in [0.15, 0.2) is 0 Å². The third kappa shape index (κ3) is 2.48. The highest BCUT2D eigenvalue weighted by Gasteiger charge is 2.16. The fourth-order valence-corrected chi connectivity index (χ4v) is 2.49. The minimum Gasteiger partial charge on any atom is -0.462 e. The molecule has 0 radical (unpaired) electrons. The Morgan fingerprint density at radius 1 is 1.14 bits per heavy atom. The van der Waals surface area contributed by atoms with Gasteiger partial charge in [-0.15, -0.1) is 0 Å². The van der Waals surface area contributed by atoms with Crippen LogP contribution in [0.1, 0.15) is 28.5 Å². The van der Waals surface area contributed by atoms with Crippen LogP contribution in [0.4, 0.5) is 0 Å². The number of carbonyl (C=O) groups excluding carboxylic acids is 1. The molecule has 0 aliphatic rings. The van der Waals surface area contributed by atoms with E-state index in [4.69, 9.17) is 4.74 Å². The number of fused-ring (bicyclic) bond motifs is 1. The topological polar surface area (TPSA) is 43.6 Å². The van der Waals surface area contributed by atoms with Crippen molar-refractivity contribution in [2.24, 2.45) is 0 Å². The van der Waals surface area contributed by atoms with Gasteiger partial charge in [-0.05, 0) is 39.0 Å². The molecule has 0 N–H and O–H groups in total. The Bertz CT molecular complexity index is 832. The van der Waals surface area contributed by atoms with Crippen molar-refractivity contribution in [3.63, 3.8) is 0 Å². The van der Waals surface area contributed by atoms with E-state index in [-0.39, 0.29) is 5.97 Å². The lowest BCUT2D eigenvalue weighted by atomic mass is 10.1. The molecule has 0 unspecified atom stereocenters. The van der Waals surface area contributed by atoms with E-state index in [2.05, 4.69) is 36.3 Å². The molecule has 4 heteroatoms. The number of hydrogen-bond donors (Lipinski definition) is 0. The molecule has 0 saturated heterocycles. The number of carbonyl (C=O) groups is 1. The maximum absolute atomic E-state index is 12.0. The summed E-state index contributed by atoms with van der Waals surface area (Å²) in [6.45, 7) is 6.16. The standard InChI is InChI=1S/C18H18N2O2/c1-4-22-18(21)15-11-13(3)20-17(15)10-9-16(19-20)14-7-5-12(2)6-8-14/h5-11H,4H2,1-3H3. The van der Waals surface area contributed by atoms with Gasteiger partial charge < -0.3 is 4.74 Å². The number of nitrogens with zero attached hydrogens (tertiary/aromatic N) is 2. The molecule has 0 fully saturated rings. The average molecular weight is 294 g/mol. The molecule has 2 heterocycles. The number of aryl methyl sites for hydroxylation is 2. The minimum atomic E-state index is -0.307. The first-order chi connectivity index (χ1) is 10.6. The van der Waals surface area contributed by atoms with Gasteiger partial charge in [0.05, 0.1) is 23.4 Å². The van der Waals surface area contributed by atoms with Gasteiger partial charge in [-0.3, -0.25) is 0 Å². The van der Waals surface area contributed by atoms with Crippen LogP contribution in [0, 0.1) is 13.8 Å². The van der Waals surface area contributed by atoms with Gasteiger partial charge in [-0.1, -0.05) is 29.8 Å². The second-order valence-corrected chi connectivity index (χ2v) is 5.30. The molecule has 0 aliphatic heterocycles. The maximum atomic E-state index is 12.0. The molecule has 2 aromatic heterocycles. The number of rotatable bonds is 3. The summed E-state index contributed by atoms with van der Waals surface area (Å²) in [5.74, 6) is -0.307. The minimum absolute atomic E-state index is 0.307. The van der Waals surface area contributed by atoms with Gasteiger partial charge in [0.2, 0.25) is 0 Å². The third-order valence-electron chi connectivity index (χ3n) is 3.64. The van der Waals surface area contributed by atoms with Crippen LogP contribution in [-0.2, 0) is 4.74 Å². The third-order valence-corrected chi connectivity index (χ3v) is 3.64. The van der Waals surface area contributed by atoms with E-state index in [1.807, 2.05) is 25.1 Å². The predicted octanol–water partition coefficient (Wildman–Crippen LogP) is 3.79. The molecule has 0 saturated carbocycles. The van der Waals surface area contributed by atoms with Crippen LogP contribution in [0.15, 0.2) is 42.5 Å². The molecule has 0 atom stereocenters. The van der Waals surface area contributed by atoms with Crippen LogP contribution < -0.4 is 0 Å². The van der Waals surface area contributed by atoms with E-state index in [1.54, 1.807) is 11.4 Å². The molecule has 0 spiro atoms. The van der Waals surface area contributed by atoms with Crippen molar-refractivity contribution in [3.8, 4) is 11.3 Å². The fraction of sp³-hybridized carbons (Fsp3) is 0.222. The molecule has 0 bridgehead atoms. The Balaban J connectivity index is 2.09. The van der Waals surface area contributed by atoms with Crippen molar-refractivity contribution >= 4 is 11.5 Å². The van der Waals surface area contributed by atoms with Crippen molar-refractivity contribution in [3.05, 3.63) is 59.3 Å². The maximum Gasteiger partial charge on any atom is 0.340 e. The van der Waals surface area contributed by atoms with Gasteiger partial charge in [0.1, 0.15) is 0 Å². The summed E-state index contributed by atoms with van der Waals surface area (Å²) in [6.07, 6.45) is 0. The van der Waals surface area contributed by atoms with E-state index in [0.717, 1.165) is 22.5 Å². The van der Waals surface area contributed by atoms with Crippen molar-refractivity contribution in [2.45, 2.75) is 20.8 Å². The SMILES string of the molecule is CCOC(=O)c1cc(C)n2nc(-c3ccc(C)cc3)ccc12. The van der Waals surface area contributed by atoms with E-state index in [9.17, 15) is 4.79 Å². The van der Waals surface area contributed by atoms with Gasteiger partial charge in [-0.2, -0.15) is 5.10 Å². The molecule has 3 aromatic rings. The summed E-state index contributed by atoms with van der Waals surface area (Å²) in [7, 11) is 0. The van der Waals surface area contributed by atoms with Crippen LogP contribution in [-0.4, -0.2) is 22.2 Å². The first kappa shape index (κ1) is 14.3. The summed E-state index contributed by atoms with van der Waals surface area (Å²) in [4.78, 5) is 12.0. The highest BCUT2D eigenvalue weighted by molar-refractivity contribution is 5.97. The molecular formula is C18H18N2O2. The second-order valence-electron chi connectivity index (χ2n) is 5.30. The molecule has 3 rings (SSSR count). The van der Waals surface area contributed by atoms with E-state index < -0.39 is 0 Å². The molecule has 0 aliphatic carbocycles.